The van der Waals surface area contributed by atoms with Gasteiger partial charge in [-0.05, 0) is 55.8 Å². The smallest absolute Gasteiger partial charge is 0.267 e. The van der Waals surface area contributed by atoms with Crippen molar-refractivity contribution in [3.63, 3.8) is 0 Å². The van der Waals surface area contributed by atoms with E-state index < -0.39 is 0 Å². The summed E-state index contributed by atoms with van der Waals surface area (Å²) in [6.07, 6.45) is 0. The number of amides is 1. The Balaban J connectivity index is 2.06. The van der Waals surface area contributed by atoms with Crippen LogP contribution in [0.2, 0.25) is 15.1 Å². The summed E-state index contributed by atoms with van der Waals surface area (Å²) in [6.45, 7) is 4.24. The molecule has 1 amide bonds. The van der Waals surface area contributed by atoms with Crippen LogP contribution < -0.4 is 5.01 Å². The van der Waals surface area contributed by atoms with E-state index in [1.54, 1.807) is 41.4 Å². The van der Waals surface area contributed by atoms with Crippen LogP contribution in [0.4, 0.5) is 0 Å². The van der Waals surface area contributed by atoms with Crippen molar-refractivity contribution in [2.45, 2.75) is 20.4 Å². The van der Waals surface area contributed by atoms with Gasteiger partial charge in [-0.3, -0.25) is 9.47 Å². The molecule has 26 heavy (non-hydrogen) atoms. The highest BCUT2D eigenvalue weighted by Gasteiger charge is 2.22. The van der Waals surface area contributed by atoms with Crippen LogP contribution in [0.1, 0.15) is 27.3 Å². The summed E-state index contributed by atoms with van der Waals surface area (Å²) in [4.78, 5) is 13.3. The first-order chi connectivity index (χ1) is 12.4. The maximum absolute atomic E-state index is 13.3. The number of nitrogens with zero attached hydrogens (tertiary/aromatic N) is 2. The molecule has 0 unspecified atom stereocenters. The third-order valence-corrected chi connectivity index (χ3v) is 5.20. The van der Waals surface area contributed by atoms with Gasteiger partial charge in [0.25, 0.3) is 5.91 Å². The number of hydrogen-bond donors (Lipinski definition) is 0. The second-order valence-electron chi connectivity index (χ2n) is 6.02. The van der Waals surface area contributed by atoms with Crippen molar-refractivity contribution in [1.29, 1.82) is 0 Å². The molecular formula is C20H17Cl3N2O. The molecule has 0 spiro atoms. The number of rotatable bonds is 4. The standard InChI is InChI=1S/C20H17Cl3N2O/c1-13-7-8-14(2)25(13)24(12-15-9-10-18(22)19(23)11-15)20(26)16-5-3-4-6-17(16)21/h3-11H,12H2,1-2H3. The van der Waals surface area contributed by atoms with E-state index in [9.17, 15) is 4.79 Å². The minimum absolute atomic E-state index is 0.191. The fourth-order valence-electron chi connectivity index (χ4n) is 2.86. The third kappa shape index (κ3) is 3.75. The number of hydrogen-bond acceptors (Lipinski definition) is 1. The molecule has 0 aliphatic rings. The van der Waals surface area contributed by atoms with Crippen molar-refractivity contribution < 1.29 is 4.79 Å². The lowest BCUT2D eigenvalue weighted by atomic mass is 10.1. The van der Waals surface area contributed by atoms with E-state index in [4.69, 9.17) is 34.8 Å². The molecule has 3 aromatic rings. The van der Waals surface area contributed by atoms with Crippen LogP contribution in [-0.4, -0.2) is 10.6 Å². The highest BCUT2D eigenvalue weighted by Crippen LogP contribution is 2.25. The van der Waals surface area contributed by atoms with E-state index >= 15 is 0 Å². The van der Waals surface area contributed by atoms with Crippen LogP contribution in [0.3, 0.4) is 0 Å². The lowest BCUT2D eigenvalue weighted by Gasteiger charge is -2.27. The zero-order valence-corrected chi connectivity index (χ0v) is 16.6. The summed E-state index contributed by atoms with van der Waals surface area (Å²) in [5, 5.41) is 3.01. The van der Waals surface area contributed by atoms with Crippen molar-refractivity contribution in [2.75, 3.05) is 5.01 Å². The number of aryl methyl sites for hydroxylation is 2. The van der Waals surface area contributed by atoms with Gasteiger partial charge in [0.1, 0.15) is 0 Å². The quantitative estimate of drug-likeness (QED) is 0.517. The van der Waals surface area contributed by atoms with Crippen molar-refractivity contribution >= 4 is 40.7 Å². The monoisotopic (exact) mass is 406 g/mol. The van der Waals surface area contributed by atoms with Gasteiger partial charge in [-0.1, -0.05) is 53.0 Å². The molecule has 0 bridgehead atoms. The molecular weight excluding hydrogens is 391 g/mol. The van der Waals surface area contributed by atoms with Gasteiger partial charge in [0.05, 0.1) is 27.2 Å². The fourth-order valence-corrected chi connectivity index (χ4v) is 3.40. The number of halogens is 3. The van der Waals surface area contributed by atoms with E-state index in [1.807, 2.05) is 36.7 Å². The lowest BCUT2D eigenvalue weighted by Crippen LogP contribution is -2.41. The number of aromatic nitrogens is 1. The molecule has 0 saturated heterocycles. The van der Waals surface area contributed by atoms with Gasteiger partial charge in [-0.15, -0.1) is 0 Å². The van der Waals surface area contributed by atoms with Gasteiger partial charge < -0.3 is 0 Å². The number of carbonyl (C=O) groups excluding carboxylic acids is 1. The predicted molar refractivity (Wildman–Crippen MR) is 108 cm³/mol. The molecule has 2 aromatic carbocycles. The zero-order valence-electron chi connectivity index (χ0n) is 14.3. The molecule has 0 fully saturated rings. The Hall–Kier alpha value is -1.94. The van der Waals surface area contributed by atoms with Crippen molar-refractivity contribution in [2.24, 2.45) is 0 Å². The van der Waals surface area contributed by atoms with Gasteiger partial charge in [0.15, 0.2) is 0 Å². The van der Waals surface area contributed by atoms with Crippen molar-refractivity contribution in [1.82, 2.24) is 4.68 Å². The molecule has 1 aromatic heterocycles. The van der Waals surface area contributed by atoms with Crippen molar-refractivity contribution in [3.05, 3.63) is 92.2 Å². The molecule has 6 heteroatoms. The van der Waals surface area contributed by atoms with Crippen LogP contribution in [0.15, 0.2) is 54.6 Å². The number of benzene rings is 2. The summed E-state index contributed by atoms with van der Waals surface area (Å²) in [7, 11) is 0. The highest BCUT2D eigenvalue weighted by molar-refractivity contribution is 6.42. The topological polar surface area (TPSA) is 25.2 Å². The first-order valence-electron chi connectivity index (χ1n) is 8.04. The van der Waals surface area contributed by atoms with Gasteiger partial charge in [-0.2, -0.15) is 0 Å². The normalized spacial score (nSPS) is 10.8. The van der Waals surface area contributed by atoms with Crippen molar-refractivity contribution in [3.8, 4) is 0 Å². The Morgan fingerprint density at radius 3 is 2.15 bits per heavy atom. The maximum Gasteiger partial charge on any atom is 0.274 e. The molecule has 0 radical (unpaired) electrons. The second-order valence-corrected chi connectivity index (χ2v) is 7.24. The minimum Gasteiger partial charge on any atom is -0.267 e. The number of carbonyl (C=O) groups is 1. The average molecular weight is 408 g/mol. The zero-order chi connectivity index (χ0) is 18.8. The third-order valence-electron chi connectivity index (χ3n) is 4.13. The Morgan fingerprint density at radius 2 is 1.54 bits per heavy atom. The first kappa shape index (κ1) is 18.8. The van der Waals surface area contributed by atoms with E-state index in [0.717, 1.165) is 17.0 Å². The second kappa shape index (κ2) is 7.75. The van der Waals surface area contributed by atoms with Crippen LogP contribution in [-0.2, 0) is 6.54 Å². The molecule has 0 saturated carbocycles. The summed E-state index contributed by atoms with van der Waals surface area (Å²) >= 11 is 18.4. The predicted octanol–water partition coefficient (Wildman–Crippen LogP) is 6.04. The molecule has 134 valence electrons. The minimum atomic E-state index is -0.191. The van der Waals surface area contributed by atoms with E-state index in [1.165, 1.54) is 0 Å². The van der Waals surface area contributed by atoms with Gasteiger partial charge in [-0.25, -0.2) is 5.01 Å². The first-order valence-corrected chi connectivity index (χ1v) is 9.17. The maximum atomic E-state index is 13.3. The van der Waals surface area contributed by atoms with E-state index in [2.05, 4.69) is 0 Å². The van der Waals surface area contributed by atoms with Gasteiger partial charge in [0.2, 0.25) is 0 Å². The lowest BCUT2D eigenvalue weighted by molar-refractivity contribution is 0.0954. The Labute approximate surface area is 167 Å². The molecule has 0 aliphatic carbocycles. The highest BCUT2D eigenvalue weighted by atomic mass is 35.5. The van der Waals surface area contributed by atoms with Crippen LogP contribution in [0.5, 0.6) is 0 Å². The largest absolute Gasteiger partial charge is 0.274 e. The van der Waals surface area contributed by atoms with E-state index in [-0.39, 0.29) is 5.91 Å². The average Bonchev–Trinajstić information content (AvgIpc) is 2.94. The summed E-state index contributed by atoms with van der Waals surface area (Å²) in [6, 6.07) is 16.3. The summed E-state index contributed by atoms with van der Waals surface area (Å²) < 4.78 is 1.88. The Bertz CT molecular complexity index is 946. The molecule has 0 atom stereocenters. The van der Waals surface area contributed by atoms with E-state index in [0.29, 0.717) is 27.2 Å². The molecule has 1 heterocycles. The SMILES string of the molecule is Cc1ccc(C)n1N(Cc1ccc(Cl)c(Cl)c1)C(=O)c1ccccc1Cl. The molecule has 3 rings (SSSR count). The fraction of sp³-hybridized carbons (Fsp3) is 0.150. The molecule has 0 N–H and O–H groups in total. The van der Waals surface area contributed by atoms with Crippen LogP contribution in [0.25, 0.3) is 0 Å². The Kier molecular flexibility index (Phi) is 5.61. The molecule has 3 nitrogen and oxygen atoms in total. The van der Waals surface area contributed by atoms with Gasteiger partial charge >= 0.3 is 0 Å². The summed E-state index contributed by atoms with van der Waals surface area (Å²) in [5.41, 5.74) is 3.21. The van der Waals surface area contributed by atoms with Gasteiger partial charge in [0, 0.05) is 11.4 Å². The molecule has 0 aliphatic heterocycles. The summed E-state index contributed by atoms with van der Waals surface area (Å²) in [5.74, 6) is -0.191. The Morgan fingerprint density at radius 1 is 0.885 bits per heavy atom. The van der Waals surface area contributed by atoms with Crippen LogP contribution >= 0.6 is 34.8 Å². The van der Waals surface area contributed by atoms with Crippen LogP contribution in [0, 0.1) is 13.8 Å².